The molecule has 0 saturated carbocycles. The van der Waals surface area contributed by atoms with Crippen LogP contribution in [0, 0.1) is 0 Å². The third-order valence-corrected chi connectivity index (χ3v) is 3.82. The Labute approximate surface area is 114 Å². The molecule has 0 radical (unpaired) electrons. The van der Waals surface area contributed by atoms with E-state index in [1.165, 1.54) is 16.0 Å². The first-order valence-corrected chi connectivity index (χ1v) is 7.18. The monoisotopic (exact) mass is 257 g/mol. The highest BCUT2D eigenvalue weighted by atomic mass is 32.2. The maximum Gasteiger partial charge on any atom is 0.0151 e. The molecule has 0 bridgehead atoms. The van der Waals surface area contributed by atoms with Crippen LogP contribution in [-0.2, 0) is 0 Å². The van der Waals surface area contributed by atoms with Gasteiger partial charge in [0.25, 0.3) is 0 Å². The number of hydrogen-bond acceptors (Lipinski definition) is 2. The minimum Gasteiger partial charge on any atom is -0.309 e. The molecule has 0 aromatic heterocycles. The second-order valence-electron chi connectivity index (χ2n) is 4.51. The van der Waals surface area contributed by atoms with E-state index in [4.69, 9.17) is 0 Å². The molecule has 18 heavy (non-hydrogen) atoms. The molecule has 0 aliphatic heterocycles. The fourth-order valence-corrected chi connectivity index (χ4v) is 2.98. The van der Waals surface area contributed by atoms with Crippen molar-refractivity contribution in [2.24, 2.45) is 0 Å². The summed E-state index contributed by atoms with van der Waals surface area (Å²) in [5.74, 6) is 1.12. The minimum atomic E-state index is 1.10. The Morgan fingerprint density at radius 3 is 2.28 bits per heavy atom. The lowest BCUT2D eigenvalue weighted by Crippen LogP contribution is -2.14. The average molecular weight is 257 g/mol. The lowest BCUT2D eigenvalue weighted by molar-refractivity contribution is 0.437. The standard InChI is InChI=1S/C16H19NS/c1-17(2)12-13-18-16-11-7-6-10-15(16)14-8-4-3-5-9-14/h3-11H,12-13H2,1-2H3. The van der Waals surface area contributed by atoms with E-state index in [2.05, 4.69) is 73.6 Å². The quantitative estimate of drug-likeness (QED) is 0.745. The summed E-state index contributed by atoms with van der Waals surface area (Å²) >= 11 is 1.93. The number of hydrogen-bond donors (Lipinski definition) is 0. The van der Waals surface area contributed by atoms with Gasteiger partial charge < -0.3 is 4.90 Å². The Morgan fingerprint density at radius 2 is 1.56 bits per heavy atom. The first-order valence-electron chi connectivity index (χ1n) is 6.19. The number of benzene rings is 2. The molecule has 0 amide bonds. The zero-order valence-corrected chi connectivity index (χ0v) is 11.8. The van der Waals surface area contributed by atoms with Gasteiger partial charge in [0.1, 0.15) is 0 Å². The summed E-state index contributed by atoms with van der Waals surface area (Å²) in [6.45, 7) is 1.10. The fraction of sp³-hybridized carbons (Fsp3) is 0.250. The predicted octanol–water partition coefficient (Wildman–Crippen LogP) is 4.01. The summed E-state index contributed by atoms with van der Waals surface area (Å²) in [5, 5.41) is 0. The Balaban J connectivity index is 2.16. The molecule has 0 unspecified atom stereocenters. The van der Waals surface area contributed by atoms with E-state index < -0.39 is 0 Å². The molecular weight excluding hydrogens is 238 g/mol. The molecule has 2 rings (SSSR count). The van der Waals surface area contributed by atoms with Crippen molar-refractivity contribution in [3.8, 4) is 11.1 Å². The van der Waals surface area contributed by atoms with Crippen molar-refractivity contribution >= 4 is 11.8 Å². The molecule has 2 aromatic rings. The normalized spacial score (nSPS) is 10.8. The highest BCUT2D eigenvalue weighted by Gasteiger charge is 2.04. The van der Waals surface area contributed by atoms with Gasteiger partial charge in [0.05, 0.1) is 0 Å². The third kappa shape index (κ3) is 3.62. The molecular formula is C16H19NS. The minimum absolute atomic E-state index is 1.10. The molecule has 1 nitrogen and oxygen atoms in total. The van der Waals surface area contributed by atoms with Crippen LogP contribution in [0.4, 0.5) is 0 Å². The van der Waals surface area contributed by atoms with Crippen LogP contribution in [0.25, 0.3) is 11.1 Å². The highest BCUT2D eigenvalue weighted by molar-refractivity contribution is 7.99. The molecule has 0 aliphatic rings. The van der Waals surface area contributed by atoms with Crippen LogP contribution in [0.3, 0.4) is 0 Å². The largest absolute Gasteiger partial charge is 0.309 e. The van der Waals surface area contributed by atoms with Crippen molar-refractivity contribution in [3.63, 3.8) is 0 Å². The highest BCUT2D eigenvalue weighted by Crippen LogP contribution is 2.30. The van der Waals surface area contributed by atoms with E-state index in [1.54, 1.807) is 0 Å². The second-order valence-corrected chi connectivity index (χ2v) is 5.65. The zero-order chi connectivity index (χ0) is 12.8. The van der Waals surface area contributed by atoms with E-state index >= 15 is 0 Å². The summed E-state index contributed by atoms with van der Waals surface area (Å²) < 4.78 is 0. The lowest BCUT2D eigenvalue weighted by Gasteiger charge is -2.11. The van der Waals surface area contributed by atoms with Crippen LogP contribution in [-0.4, -0.2) is 31.3 Å². The summed E-state index contributed by atoms with van der Waals surface area (Å²) in [4.78, 5) is 3.59. The van der Waals surface area contributed by atoms with Gasteiger partial charge in [-0.25, -0.2) is 0 Å². The summed E-state index contributed by atoms with van der Waals surface area (Å²) in [5.41, 5.74) is 2.63. The van der Waals surface area contributed by atoms with Gasteiger partial charge in [0.2, 0.25) is 0 Å². The van der Waals surface area contributed by atoms with Gasteiger partial charge >= 0.3 is 0 Å². The van der Waals surface area contributed by atoms with E-state index in [9.17, 15) is 0 Å². The van der Waals surface area contributed by atoms with Gasteiger partial charge in [0.15, 0.2) is 0 Å². The van der Waals surface area contributed by atoms with E-state index in [0.29, 0.717) is 0 Å². The molecule has 0 aliphatic carbocycles. The Kier molecular flexibility index (Phi) is 4.85. The lowest BCUT2D eigenvalue weighted by atomic mass is 10.1. The van der Waals surface area contributed by atoms with Gasteiger partial charge in [0, 0.05) is 17.2 Å². The van der Waals surface area contributed by atoms with Gasteiger partial charge in [-0.3, -0.25) is 0 Å². The zero-order valence-electron chi connectivity index (χ0n) is 11.0. The van der Waals surface area contributed by atoms with Gasteiger partial charge in [-0.2, -0.15) is 0 Å². The Morgan fingerprint density at radius 1 is 0.889 bits per heavy atom. The Bertz CT molecular complexity index is 479. The van der Waals surface area contributed by atoms with Crippen LogP contribution >= 0.6 is 11.8 Å². The first-order chi connectivity index (χ1) is 8.77. The second kappa shape index (κ2) is 6.62. The van der Waals surface area contributed by atoms with Crippen LogP contribution in [0.5, 0.6) is 0 Å². The maximum atomic E-state index is 2.22. The molecule has 0 saturated heterocycles. The van der Waals surface area contributed by atoms with Crippen molar-refractivity contribution in [1.82, 2.24) is 4.90 Å². The van der Waals surface area contributed by atoms with Crippen LogP contribution < -0.4 is 0 Å². The van der Waals surface area contributed by atoms with E-state index in [0.717, 1.165) is 12.3 Å². The molecule has 0 N–H and O–H groups in total. The SMILES string of the molecule is CN(C)CCSc1ccccc1-c1ccccc1. The smallest absolute Gasteiger partial charge is 0.0151 e. The van der Waals surface area contributed by atoms with Crippen molar-refractivity contribution in [2.75, 3.05) is 26.4 Å². The van der Waals surface area contributed by atoms with Crippen LogP contribution in [0.15, 0.2) is 59.5 Å². The third-order valence-electron chi connectivity index (χ3n) is 2.77. The fourth-order valence-electron chi connectivity index (χ4n) is 1.79. The van der Waals surface area contributed by atoms with Crippen molar-refractivity contribution in [2.45, 2.75) is 4.90 Å². The van der Waals surface area contributed by atoms with Crippen molar-refractivity contribution in [3.05, 3.63) is 54.6 Å². The molecule has 0 spiro atoms. The molecule has 2 aromatic carbocycles. The molecule has 2 heteroatoms. The van der Waals surface area contributed by atoms with E-state index in [-0.39, 0.29) is 0 Å². The number of nitrogens with zero attached hydrogens (tertiary/aromatic N) is 1. The van der Waals surface area contributed by atoms with Crippen LogP contribution in [0.1, 0.15) is 0 Å². The maximum absolute atomic E-state index is 2.22. The first kappa shape index (κ1) is 13.2. The molecule has 0 atom stereocenters. The van der Waals surface area contributed by atoms with Crippen molar-refractivity contribution in [1.29, 1.82) is 0 Å². The average Bonchev–Trinajstić information content (AvgIpc) is 2.40. The summed E-state index contributed by atoms with van der Waals surface area (Å²) in [7, 11) is 4.23. The Hall–Kier alpha value is -1.25. The molecule has 94 valence electrons. The molecule has 0 heterocycles. The van der Waals surface area contributed by atoms with E-state index in [1.807, 2.05) is 11.8 Å². The summed E-state index contributed by atoms with van der Waals surface area (Å²) in [6.07, 6.45) is 0. The van der Waals surface area contributed by atoms with Crippen molar-refractivity contribution < 1.29 is 0 Å². The van der Waals surface area contributed by atoms with Gasteiger partial charge in [-0.05, 0) is 31.3 Å². The number of rotatable bonds is 5. The predicted molar refractivity (Wildman–Crippen MR) is 81.2 cm³/mol. The van der Waals surface area contributed by atoms with Gasteiger partial charge in [-0.15, -0.1) is 11.8 Å². The number of thioether (sulfide) groups is 1. The van der Waals surface area contributed by atoms with Crippen LogP contribution in [0.2, 0.25) is 0 Å². The van der Waals surface area contributed by atoms with Gasteiger partial charge in [-0.1, -0.05) is 48.5 Å². The summed E-state index contributed by atoms with van der Waals surface area (Å²) in [6, 6.07) is 19.2. The molecule has 0 fully saturated rings. The topological polar surface area (TPSA) is 3.24 Å².